The number of likely N-dealkylation sites (tertiary alicyclic amines) is 1. The molecule has 7 rings (SSSR count). The van der Waals surface area contributed by atoms with Crippen molar-refractivity contribution in [3.63, 3.8) is 0 Å². The third-order valence-corrected chi connectivity index (χ3v) is 12.7. The van der Waals surface area contributed by atoms with E-state index in [1.807, 2.05) is 12.3 Å². The van der Waals surface area contributed by atoms with E-state index in [0.717, 1.165) is 73.5 Å². The molecule has 3 aromatic heterocycles. The van der Waals surface area contributed by atoms with Gasteiger partial charge in [0.2, 0.25) is 0 Å². The van der Waals surface area contributed by atoms with Crippen LogP contribution >= 0.6 is 11.3 Å². The van der Waals surface area contributed by atoms with Gasteiger partial charge in [0, 0.05) is 66.9 Å². The third-order valence-electron chi connectivity index (χ3n) is 10.0. The highest BCUT2D eigenvalue weighted by Gasteiger charge is 2.30. The highest BCUT2D eigenvalue weighted by molar-refractivity contribution is 7.90. The summed E-state index contributed by atoms with van der Waals surface area (Å²) in [7, 11) is 0.570. The smallest absolute Gasteiger partial charge is 0.269 e. The lowest BCUT2D eigenvalue weighted by molar-refractivity contribution is 0.0878. The Balaban J connectivity index is 1.22. The van der Waals surface area contributed by atoms with E-state index >= 15 is 0 Å². The van der Waals surface area contributed by atoms with Crippen LogP contribution in [-0.2, 0) is 10.0 Å². The Labute approximate surface area is 259 Å². The van der Waals surface area contributed by atoms with Gasteiger partial charge in [-0.2, -0.15) is 0 Å². The van der Waals surface area contributed by atoms with Crippen LogP contribution in [0.5, 0.6) is 0 Å². The first-order chi connectivity index (χ1) is 20.9. The summed E-state index contributed by atoms with van der Waals surface area (Å²) in [6.07, 6.45) is 10.6. The predicted molar refractivity (Wildman–Crippen MR) is 173 cm³/mol. The van der Waals surface area contributed by atoms with Gasteiger partial charge in [-0.3, -0.25) is 4.90 Å². The zero-order valence-electron chi connectivity index (χ0n) is 25.2. The number of aromatic nitrogens is 3. The van der Waals surface area contributed by atoms with E-state index in [4.69, 9.17) is 9.97 Å². The summed E-state index contributed by atoms with van der Waals surface area (Å²) in [4.78, 5) is 17.7. The van der Waals surface area contributed by atoms with E-state index in [1.165, 1.54) is 35.5 Å². The van der Waals surface area contributed by atoms with Crippen LogP contribution in [0.15, 0.2) is 59.1 Å². The normalized spacial score (nSPS) is 23.7. The van der Waals surface area contributed by atoms with Crippen LogP contribution < -0.4 is 0 Å². The van der Waals surface area contributed by atoms with Gasteiger partial charge < -0.3 is 9.80 Å². The Kier molecular flexibility index (Phi) is 8.15. The van der Waals surface area contributed by atoms with Crippen molar-refractivity contribution in [2.75, 3.05) is 53.4 Å². The van der Waals surface area contributed by atoms with Crippen molar-refractivity contribution in [1.82, 2.24) is 28.6 Å². The Bertz CT molecular complexity index is 1660. The van der Waals surface area contributed by atoms with Crippen molar-refractivity contribution in [1.29, 1.82) is 0 Å². The Morgan fingerprint density at radius 1 is 0.837 bits per heavy atom. The molecule has 2 saturated heterocycles. The number of fused-ring (bicyclic) bond motifs is 1. The first-order valence-corrected chi connectivity index (χ1v) is 18.1. The largest absolute Gasteiger partial charge is 0.306 e. The Hall–Kier alpha value is -2.63. The van der Waals surface area contributed by atoms with Gasteiger partial charge in [0.1, 0.15) is 0 Å². The second-order valence-corrected chi connectivity index (χ2v) is 15.5. The number of rotatable bonds is 6. The molecule has 10 heteroatoms. The van der Waals surface area contributed by atoms with Gasteiger partial charge in [0.05, 0.1) is 15.6 Å². The molecule has 0 spiro atoms. The first-order valence-electron chi connectivity index (χ1n) is 15.8. The van der Waals surface area contributed by atoms with Crippen molar-refractivity contribution in [2.24, 2.45) is 0 Å². The lowest BCUT2D eigenvalue weighted by Gasteiger charge is -2.41. The van der Waals surface area contributed by atoms with Gasteiger partial charge in [-0.1, -0.05) is 18.2 Å². The summed E-state index contributed by atoms with van der Waals surface area (Å²) >= 11 is 1.70. The number of pyridine rings is 1. The highest BCUT2D eigenvalue weighted by atomic mass is 32.2. The predicted octanol–water partition coefficient (Wildman–Crippen LogP) is 5.48. The summed E-state index contributed by atoms with van der Waals surface area (Å²) in [5.74, 6) is 0.897. The number of likely N-dealkylation sites (N-methyl/N-ethyl adjacent to an activating group) is 1. The molecule has 8 nitrogen and oxygen atoms in total. The average Bonchev–Trinajstić information content (AvgIpc) is 3.68. The number of benzene rings is 1. The first kappa shape index (κ1) is 29.1. The lowest BCUT2D eigenvalue weighted by atomic mass is 9.81. The van der Waals surface area contributed by atoms with E-state index in [0.29, 0.717) is 23.5 Å². The molecule has 5 heterocycles. The molecule has 3 aliphatic rings. The molecule has 228 valence electrons. The maximum absolute atomic E-state index is 13.9. The Morgan fingerprint density at radius 2 is 1.53 bits per heavy atom. The van der Waals surface area contributed by atoms with Crippen molar-refractivity contribution < 1.29 is 8.42 Å². The molecule has 43 heavy (non-hydrogen) atoms. The number of hydrogen-bond acceptors (Lipinski definition) is 8. The molecule has 2 aliphatic heterocycles. The maximum atomic E-state index is 13.9. The SMILES string of the molecule is CN1CCC(c2nc(-c3cn(S(=O)(=O)c4ccccc4)c4ncc([C@H]5CC[C@H](N6CCN(C)CC6)CC5)cc34)cs2)CC1. The molecule has 3 fully saturated rings. The van der Waals surface area contributed by atoms with Crippen LogP contribution in [0.25, 0.3) is 22.3 Å². The molecule has 0 bridgehead atoms. The molecule has 4 aromatic rings. The number of hydrogen-bond donors (Lipinski definition) is 0. The fourth-order valence-corrected chi connectivity index (χ4v) is 9.56. The van der Waals surface area contributed by atoms with Crippen LogP contribution in [0.1, 0.15) is 60.9 Å². The van der Waals surface area contributed by atoms with E-state index in [2.05, 4.69) is 40.2 Å². The van der Waals surface area contributed by atoms with Crippen LogP contribution in [0, 0.1) is 0 Å². The lowest BCUT2D eigenvalue weighted by Crippen LogP contribution is -2.49. The van der Waals surface area contributed by atoms with Gasteiger partial charge in [-0.25, -0.2) is 22.4 Å². The number of piperidine rings is 1. The second-order valence-electron chi connectivity index (χ2n) is 12.8. The molecule has 0 atom stereocenters. The Morgan fingerprint density at radius 3 is 2.26 bits per heavy atom. The van der Waals surface area contributed by atoms with Gasteiger partial charge in [0.25, 0.3) is 10.0 Å². The molecule has 0 radical (unpaired) electrons. The summed E-state index contributed by atoms with van der Waals surface area (Å²) < 4.78 is 29.1. The molecule has 1 aromatic carbocycles. The number of piperazine rings is 1. The van der Waals surface area contributed by atoms with E-state index < -0.39 is 10.0 Å². The minimum Gasteiger partial charge on any atom is -0.306 e. The van der Waals surface area contributed by atoms with E-state index in [-0.39, 0.29) is 4.90 Å². The number of thiazole rings is 1. The number of nitrogens with zero attached hydrogens (tertiary/aromatic N) is 6. The minimum absolute atomic E-state index is 0.261. The summed E-state index contributed by atoms with van der Waals surface area (Å²) in [5.41, 5.74) is 3.39. The van der Waals surface area contributed by atoms with Crippen LogP contribution in [0.3, 0.4) is 0 Å². The fourth-order valence-electron chi connectivity index (χ4n) is 7.23. The topological polar surface area (TPSA) is 74.6 Å². The van der Waals surface area contributed by atoms with Gasteiger partial charge in [-0.05, 0) is 95.4 Å². The summed E-state index contributed by atoms with van der Waals surface area (Å²) in [6.45, 7) is 6.81. The van der Waals surface area contributed by atoms with Gasteiger partial charge in [0.15, 0.2) is 5.65 Å². The summed E-state index contributed by atoms with van der Waals surface area (Å²) in [5, 5.41) is 4.13. The van der Waals surface area contributed by atoms with Crippen molar-refractivity contribution in [3.8, 4) is 11.3 Å². The zero-order chi connectivity index (χ0) is 29.6. The van der Waals surface area contributed by atoms with Crippen molar-refractivity contribution in [2.45, 2.75) is 61.3 Å². The minimum atomic E-state index is -3.82. The second kappa shape index (κ2) is 12.0. The molecular weight excluding hydrogens is 577 g/mol. The van der Waals surface area contributed by atoms with Gasteiger partial charge >= 0.3 is 0 Å². The van der Waals surface area contributed by atoms with Gasteiger partial charge in [-0.15, -0.1) is 11.3 Å². The van der Waals surface area contributed by atoms with E-state index in [9.17, 15) is 8.42 Å². The van der Waals surface area contributed by atoms with Crippen LogP contribution in [0.2, 0.25) is 0 Å². The third kappa shape index (κ3) is 5.80. The monoisotopic (exact) mass is 618 g/mol. The quantitative estimate of drug-likeness (QED) is 0.283. The molecule has 0 N–H and O–H groups in total. The maximum Gasteiger partial charge on any atom is 0.269 e. The molecule has 0 amide bonds. The summed E-state index contributed by atoms with van der Waals surface area (Å²) in [6, 6.07) is 11.5. The van der Waals surface area contributed by atoms with Crippen LogP contribution in [0.4, 0.5) is 0 Å². The van der Waals surface area contributed by atoms with Crippen molar-refractivity contribution >= 4 is 32.4 Å². The molecule has 0 unspecified atom stereocenters. The zero-order valence-corrected chi connectivity index (χ0v) is 26.9. The standard InChI is InChI=1S/C33H42N6O2S2/c1-36-14-12-25(13-15-36)33-35-31(23-42-33)30-22-39(43(40,41)28-6-4-3-5-7-28)32-29(30)20-26(21-34-32)24-8-10-27(11-9-24)38-18-16-37(2)17-19-38/h3-7,20-25,27H,8-19H2,1-2H3/t24-,27-. The molecular formula is C33H42N6O2S2. The fraction of sp³-hybridized carbons (Fsp3) is 0.515. The average molecular weight is 619 g/mol. The van der Waals surface area contributed by atoms with Crippen LogP contribution in [-0.4, -0.2) is 96.5 Å². The van der Waals surface area contributed by atoms with Crippen molar-refractivity contribution in [3.05, 3.63) is 64.7 Å². The molecule has 1 saturated carbocycles. The molecule has 1 aliphatic carbocycles. The highest BCUT2D eigenvalue weighted by Crippen LogP contribution is 2.40. The van der Waals surface area contributed by atoms with E-state index in [1.54, 1.807) is 41.8 Å².